The second-order valence-corrected chi connectivity index (χ2v) is 6.62. The quantitative estimate of drug-likeness (QED) is 0.806. The molecule has 0 aromatic carbocycles. The van der Waals surface area contributed by atoms with Gasteiger partial charge in [-0.2, -0.15) is 0 Å². The third-order valence-electron chi connectivity index (χ3n) is 5.44. The Morgan fingerprint density at radius 2 is 2.00 bits per heavy atom. The van der Waals surface area contributed by atoms with E-state index in [0.29, 0.717) is 12.1 Å². The van der Waals surface area contributed by atoms with E-state index in [2.05, 4.69) is 23.8 Å². The lowest BCUT2D eigenvalue weighted by Crippen LogP contribution is -2.62. The Labute approximate surface area is 122 Å². The zero-order chi connectivity index (χ0) is 14.2. The second kappa shape index (κ2) is 5.89. The number of nitrogens with two attached hydrogens (primary N) is 1. The van der Waals surface area contributed by atoms with Crippen LogP contribution in [0.2, 0.25) is 0 Å². The molecule has 0 amide bonds. The van der Waals surface area contributed by atoms with E-state index >= 15 is 0 Å². The van der Waals surface area contributed by atoms with E-state index in [1.54, 1.807) is 0 Å². The summed E-state index contributed by atoms with van der Waals surface area (Å²) in [6.07, 6.45) is 4.10. The SMILES string of the molecule is CCC1CN(C2CC3(CCC2N)OCCO3)CCN1C. The van der Waals surface area contributed by atoms with Gasteiger partial charge >= 0.3 is 0 Å². The van der Waals surface area contributed by atoms with Gasteiger partial charge in [-0.05, 0) is 19.9 Å². The third kappa shape index (κ3) is 2.74. The molecule has 3 rings (SSSR count). The van der Waals surface area contributed by atoms with Crippen LogP contribution in [0.25, 0.3) is 0 Å². The summed E-state index contributed by atoms with van der Waals surface area (Å²) >= 11 is 0. The monoisotopic (exact) mass is 283 g/mol. The van der Waals surface area contributed by atoms with Crippen LogP contribution in [0.5, 0.6) is 0 Å². The lowest BCUT2D eigenvalue weighted by Gasteiger charge is -2.49. The predicted molar refractivity (Wildman–Crippen MR) is 78.5 cm³/mol. The summed E-state index contributed by atoms with van der Waals surface area (Å²) in [6.45, 7) is 7.13. The van der Waals surface area contributed by atoms with E-state index in [0.717, 1.165) is 52.1 Å². The summed E-state index contributed by atoms with van der Waals surface area (Å²) in [6, 6.07) is 1.32. The summed E-state index contributed by atoms with van der Waals surface area (Å²) in [5.41, 5.74) is 6.42. The molecule has 2 N–H and O–H groups in total. The van der Waals surface area contributed by atoms with Gasteiger partial charge in [-0.3, -0.25) is 4.90 Å². The topological polar surface area (TPSA) is 51.0 Å². The van der Waals surface area contributed by atoms with Crippen LogP contribution in [0.3, 0.4) is 0 Å². The molecular formula is C15H29N3O2. The number of nitrogens with zero attached hydrogens (tertiary/aromatic N) is 2. The Morgan fingerprint density at radius 3 is 2.70 bits per heavy atom. The van der Waals surface area contributed by atoms with Crippen molar-refractivity contribution < 1.29 is 9.47 Å². The average Bonchev–Trinajstić information content (AvgIpc) is 2.91. The molecule has 5 nitrogen and oxygen atoms in total. The van der Waals surface area contributed by atoms with Gasteiger partial charge in [0.25, 0.3) is 0 Å². The highest BCUT2D eigenvalue weighted by molar-refractivity contribution is 4.97. The molecule has 3 unspecified atom stereocenters. The molecule has 0 aromatic rings. The van der Waals surface area contributed by atoms with Crippen molar-refractivity contribution in [3.8, 4) is 0 Å². The molecule has 0 radical (unpaired) electrons. The van der Waals surface area contributed by atoms with Gasteiger partial charge in [-0.25, -0.2) is 0 Å². The second-order valence-electron chi connectivity index (χ2n) is 6.62. The molecule has 2 saturated heterocycles. The molecule has 0 aromatic heterocycles. The van der Waals surface area contributed by atoms with Gasteiger partial charge in [0.15, 0.2) is 5.79 Å². The van der Waals surface area contributed by atoms with Crippen molar-refractivity contribution in [2.75, 3.05) is 39.9 Å². The number of ether oxygens (including phenoxy) is 2. The van der Waals surface area contributed by atoms with E-state index in [1.165, 1.54) is 6.42 Å². The Balaban J connectivity index is 1.68. The molecule has 3 fully saturated rings. The van der Waals surface area contributed by atoms with Gasteiger partial charge < -0.3 is 20.1 Å². The minimum atomic E-state index is -0.328. The number of hydrogen-bond donors (Lipinski definition) is 1. The first kappa shape index (κ1) is 14.7. The fourth-order valence-electron chi connectivity index (χ4n) is 4.02. The molecule has 1 saturated carbocycles. The van der Waals surface area contributed by atoms with Crippen LogP contribution in [-0.2, 0) is 9.47 Å². The summed E-state index contributed by atoms with van der Waals surface area (Å²) in [4.78, 5) is 5.06. The maximum atomic E-state index is 6.42. The minimum Gasteiger partial charge on any atom is -0.347 e. The molecule has 3 atom stereocenters. The van der Waals surface area contributed by atoms with E-state index in [-0.39, 0.29) is 11.8 Å². The molecule has 116 valence electrons. The van der Waals surface area contributed by atoms with Crippen molar-refractivity contribution in [3.63, 3.8) is 0 Å². The molecule has 20 heavy (non-hydrogen) atoms. The molecule has 3 aliphatic rings. The molecule has 2 heterocycles. The average molecular weight is 283 g/mol. The van der Waals surface area contributed by atoms with Crippen molar-refractivity contribution >= 4 is 0 Å². The summed E-state index contributed by atoms with van der Waals surface area (Å²) < 4.78 is 11.8. The van der Waals surface area contributed by atoms with Gasteiger partial charge in [0.05, 0.1) is 13.2 Å². The summed E-state index contributed by atoms with van der Waals surface area (Å²) in [7, 11) is 2.23. The van der Waals surface area contributed by atoms with Crippen LogP contribution < -0.4 is 5.73 Å². The minimum absolute atomic E-state index is 0.259. The fraction of sp³-hybridized carbons (Fsp3) is 1.00. The van der Waals surface area contributed by atoms with Crippen molar-refractivity contribution in [2.24, 2.45) is 5.73 Å². The molecule has 1 spiro atoms. The summed E-state index contributed by atoms with van der Waals surface area (Å²) in [5.74, 6) is -0.328. The van der Waals surface area contributed by atoms with Crippen LogP contribution in [-0.4, -0.2) is 73.6 Å². The standard InChI is InChI=1S/C15H29N3O2/c1-3-12-11-18(7-6-17(12)2)14-10-15(5-4-13(14)16)19-8-9-20-15/h12-14H,3-11,16H2,1-2H3. The number of piperazine rings is 1. The number of rotatable bonds is 2. The molecule has 2 aliphatic heterocycles. The maximum absolute atomic E-state index is 6.42. The van der Waals surface area contributed by atoms with Crippen LogP contribution in [0.15, 0.2) is 0 Å². The Kier molecular flexibility index (Phi) is 4.34. The third-order valence-corrected chi connectivity index (χ3v) is 5.44. The van der Waals surface area contributed by atoms with Gasteiger partial charge in [-0.15, -0.1) is 0 Å². The van der Waals surface area contributed by atoms with Crippen molar-refractivity contribution in [1.82, 2.24) is 9.80 Å². The van der Waals surface area contributed by atoms with Crippen molar-refractivity contribution in [1.29, 1.82) is 0 Å². The Morgan fingerprint density at radius 1 is 1.25 bits per heavy atom. The number of hydrogen-bond acceptors (Lipinski definition) is 5. The molecule has 1 aliphatic carbocycles. The van der Waals surface area contributed by atoms with E-state index in [9.17, 15) is 0 Å². The Hall–Kier alpha value is -0.200. The van der Waals surface area contributed by atoms with Crippen molar-refractivity contribution in [3.05, 3.63) is 0 Å². The molecule has 5 heteroatoms. The van der Waals surface area contributed by atoms with Gasteiger partial charge in [-0.1, -0.05) is 6.92 Å². The molecule has 0 bridgehead atoms. The normalized spacial score (nSPS) is 39.5. The lowest BCUT2D eigenvalue weighted by molar-refractivity contribution is -0.193. The summed E-state index contributed by atoms with van der Waals surface area (Å²) in [5, 5.41) is 0. The van der Waals surface area contributed by atoms with Crippen LogP contribution in [0.1, 0.15) is 32.6 Å². The van der Waals surface area contributed by atoms with E-state index in [4.69, 9.17) is 15.2 Å². The largest absolute Gasteiger partial charge is 0.347 e. The first-order chi connectivity index (χ1) is 9.63. The smallest absolute Gasteiger partial charge is 0.170 e. The van der Waals surface area contributed by atoms with E-state index < -0.39 is 0 Å². The highest BCUT2D eigenvalue weighted by Gasteiger charge is 2.46. The highest BCUT2D eigenvalue weighted by Crippen LogP contribution is 2.37. The Bertz CT molecular complexity index is 333. The molecular weight excluding hydrogens is 254 g/mol. The van der Waals surface area contributed by atoms with E-state index in [1.807, 2.05) is 0 Å². The van der Waals surface area contributed by atoms with Crippen LogP contribution in [0.4, 0.5) is 0 Å². The highest BCUT2D eigenvalue weighted by atomic mass is 16.7. The maximum Gasteiger partial charge on any atom is 0.170 e. The van der Waals surface area contributed by atoms with Crippen molar-refractivity contribution in [2.45, 2.75) is 56.5 Å². The van der Waals surface area contributed by atoms with Gasteiger partial charge in [0.1, 0.15) is 0 Å². The van der Waals surface area contributed by atoms with Gasteiger partial charge in [0.2, 0.25) is 0 Å². The predicted octanol–water partition coefficient (Wildman–Crippen LogP) is 0.635. The lowest BCUT2D eigenvalue weighted by atomic mass is 9.84. The number of likely N-dealkylation sites (N-methyl/N-ethyl adjacent to an activating group) is 1. The zero-order valence-corrected chi connectivity index (χ0v) is 12.9. The van der Waals surface area contributed by atoms with Crippen LogP contribution in [0, 0.1) is 0 Å². The fourth-order valence-corrected chi connectivity index (χ4v) is 4.02. The first-order valence-electron chi connectivity index (χ1n) is 8.11. The van der Waals surface area contributed by atoms with Gasteiger partial charge in [0, 0.05) is 50.6 Å². The first-order valence-corrected chi connectivity index (χ1v) is 8.11. The zero-order valence-electron chi connectivity index (χ0n) is 12.9. The van der Waals surface area contributed by atoms with Crippen LogP contribution >= 0.6 is 0 Å².